The van der Waals surface area contributed by atoms with Crippen LogP contribution >= 0.6 is 0 Å². The molecule has 4 heteroatoms. The Morgan fingerprint density at radius 1 is 0.380 bits per heavy atom. The van der Waals surface area contributed by atoms with E-state index in [1.54, 1.807) is 0 Å². The quantitative estimate of drug-likeness (QED) is 0.212. The molecular weight excluding hydrogens is 609 g/mol. The van der Waals surface area contributed by atoms with Gasteiger partial charge in [-0.3, -0.25) is 0 Å². The molecule has 0 saturated heterocycles. The monoisotopic (exact) mass is 670 g/mol. The molecule has 2 aliphatic rings. The molecule has 0 aliphatic carbocycles. The van der Waals surface area contributed by atoms with Crippen LogP contribution in [0, 0.1) is 10.8 Å². The normalized spacial score (nSPS) is 15.6. The summed E-state index contributed by atoms with van der Waals surface area (Å²) in [6, 6.07) is 14.5. The van der Waals surface area contributed by atoms with E-state index in [2.05, 4.69) is 172 Å². The highest BCUT2D eigenvalue weighted by Gasteiger charge is 2.37. The molecule has 6 rings (SSSR count). The second kappa shape index (κ2) is 10.9. The third-order valence-corrected chi connectivity index (χ3v) is 10.4. The van der Waals surface area contributed by atoms with Crippen LogP contribution in [0.5, 0.6) is 0 Å². The molecule has 266 valence electrons. The lowest BCUT2D eigenvalue weighted by Crippen LogP contribution is -2.30. The molecule has 0 radical (unpaired) electrons. The molecule has 0 amide bonds. The average Bonchev–Trinajstić information content (AvgIpc) is 2.93. The number of nitrogens with one attached hydrogen (secondary N) is 2. The molecule has 0 saturated carbocycles. The minimum absolute atomic E-state index is 0.00110. The molecule has 2 heterocycles. The average molecular weight is 671 g/mol. The van der Waals surface area contributed by atoms with Crippen LogP contribution in [0.15, 0.2) is 46.4 Å². The maximum atomic E-state index is 5.65. The molecule has 4 aromatic rings. The van der Waals surface area contributed by atoms with Crippen LogP contribution in [-0.4, -0.2) is 11.7 Å². The highest BCUT2D eigenvalue weighted by molar-refractivity contribution is 6.23. The molecule has 50 heavy (non-hydrogen) atoms. The molecule has 0 bridgehead atoms. The summed E-state index contributed by atoms with van der Waals surface area (Å²) in [5, 5.41) is 12.5. The number of benzene rings is 4. The van der Waals surface area contributed by atoms with E-state index < -0.39 is 0 Å². The Morgan fingerprint density at radius 2 is 0.700 bits per heavy atom. The van der Waals surface area contributed by atoms with Gasteiger partial charge in [-0.1, -0.05) is 137 Å². The van der Waals surface area contributed by atoms with Gasteiger partial charge >= 0.3 is 0 Å². The first-order valence-corrected chi connectivity index (χ1v) is 18.6. The molecule has 2 aliphatic heterocycles. The van der Waals surface area contributed by atoms with Crippen LogP contribution in [0.4, 0.5) is 22.7 Å². The molecule has 4 aromatic carbocycles. The van der Waals surface area contributed by atoms with Crippen molar-refractivity contribution in [3.05, 3.63) is 58.7 Å². The second-order valence-corrected chi connectivity index (χ2v) is 21.2. The Hall–Kier alpha value is -3.66. The van der Waals surface area contributed by atoms with E-state index in [1.165, 1.54) is 54.9 Å². The van der Waals surface area contributed by atoms with Gasteiger partial charge in [0.05, 0.1) is 11.4 Å². The van der Waals surface area contributed by atoms with E-state index in [0.29, 0.717) is 0 Å². The third-order valence-electron chi connectivity index (χ3n) is 10.4. The van der Waals surface area contributed by atoms with Gasteiger partial charge in [0.15, 0.2) is 0 Å². The molecule has 0 fully saturated rings. The van der Waals surface area contributed by atoms with Gasteiger partial charge in [0, 0.05) is 44.1 Å². The first kappa shape index (κ1) is 36.1. The highest BCUT2D eigenvalue weighted by atomic mass is 15.1. The van der Waals surface area contributed by atoms with Crippen LogP contribution in [0.3, 0.4) is 0 Å². The molecule has 4 nitrogen and oxygen atoms in total. The number of hydrogen-bond acceptors (Lipinski definition) is 4. The van der Waals surface area contributed by atoms with Crippen molar-refractivity contribution in [2.75, 3.05) is 10.6 Å². The fourth-order valence-corrected chi connectivity index (χ4v) is 7.27. The number of nitrogens with zero attached hydrogens (tertiary/aromatic N) is 2. The maximum absolute atomic E-state index is 5.65. The Balaban J connectivity index is 1.92. The molecule has 2 N–H and O–H groups in total. The van der Waals surface area contributed by atoms with Crippen LogP contribution < -0.4 is 10.6 Å². The number of rotatable bonds is 1. The summed E-state index contributed by atoms with van der Waals surface area (Å²) in [5.74, 6) is 1.99. The molecule has 0 atom stereocenters. The fraction of sp³-hybridized carbons (Fsp3) is 0.522. The summed E-state index contributed by atoms with van der Waals surface area (Å²) < 4.78 is 0. The first-order valence-electron chi connectivity index (χ1n) is 18.6. The predicted octanol–water partition coefficient (Wildman–Crippen LogP) is 13.9. The lowest BCUT2D eigenvalue weighted by Gasteiger charge is -2.36. The minimum Gasteiger partial charge on any atom is -0.343 e. The zero-order chi connectivity index (χ0) is 37.3. The van der Waals surface area contributed by atoms with Gasteiger partial charge in [-0.25, -0.2) is 9.98 Å². The van der Waals surface area contributed by atoms with Crippen molar-refractivity contribution in [1.82, 2.24) is 0 Å². The Bertz CT molecular complexity index is 1980. The van der Waals surface area contributed by atoms with Crippen LogP contribution in [-0.2, 0) is 21.7 Å². The van der Waals surface area contributed by atoms with Gasteiger partial charge < -0.3 is 10.6 Å². The van der Waals surface area contributed by atoms with Crippen LogP contribution in [0.25, 0.3) is 32.7 Å². The molecule has 0 spiro atoms. The Morgan fingerprint density at radius 3 is 0.960 bits per heavy atom. The number of amidine groups is 2. The zero-order valence-electron chi connectivity index (χ0n) is 34.4. The summed E-state index contributed by atoms with van der Waals surface area (Å²) in [5.41, 5.74) is 11.4. The summed E-state index contributed by atoms with van der Waals surface area (Å²) >= 11 is 0. The van der Waals surface area contributed by atoms with Gasteiger partial charge in [0.1, 0.15) is 11.7 Å². The van der Waals surface area contributed by atoms with Crippen molar-refractivity contribution in [3.63, 3.8) is 0 Å². The lowest BCUT2D eigenvalue weighted by atomic mass is 9.72. The molecular formula is C46H62N4. The minimum atomic E-state index is -0.181. The summed E-state index contributed by atoms with van der Waals surface area (Å²) in [6.45, 7) is 41.5. The summed E-state index contributed by atoms with van der Waals surface area (Å²) in [7, 11) is 0. The smallest absolute Gasteiger partial charge is 0.112 e. The first-order chi connectivity index (χ1) is 22.6. The van der Waals surface area contributed by atoms with Gasteiger partial charge in [-0.2, -0.15) is 0 Å². The SMILES string of the molecule is CC(C)(C)C1=Nc2c(-c3c(C(C)(C)C)cc4cc(C(C)(C)C)cc5c4c3N=C(C(C)(C)C)N5)c(C(C)(C)C)cc3cc(C(C)(C)C)cc(c23)N1. The molecule has 0 aromatic heterocycles. The highest BCUT2D eigenvalue weighted by Crippen LogP contribution is 2.57. The topological polar surface area (TPSA) is 48.8 Å². The van der Waals surface area contributed by atoms with Gasteiger partial charge in [0.25, 0.3) is 0 Å². The lowest BCUT2D eigenvalue weighted by molar-refractivity contribution is 0.583. The van der Waals surface area contributed by atoms with Crippen LogP contribution in [0.1, 0.15) is 147 Å². The van der Waals surface area contributed by atoms with Crippen molar-refractivity contribution >= 4 is 56.0 Å². The van der Waals surface area contributed by atoms with Gasteiger partial charge in [-0.05, 0) is 79.0 Å². The van der Waals surface area contributed by atoms with E-state index in [-0.39, 0.29) is 32.5 Å². The zero-order valence-corrected chi connectivity index (χ0v) is 34.4. The van der Waals surface area contributed by atoms with Crippen molar-refractivity contribution in [2.45, 2.75) is 146 Å². The third kappa shape index (κ3) is 6.15. The predicted molar refractivity (Wildman–Crippen MR) is 222 cm³/mol. The van der Waals surface area contributed by atoms with Gasteiger partial charge in [-0.15, -0.1) is 0 Å². The fourth-order valence-electron chi connectivity index (χ4n) is 7.27. The van der Waals surface area contributed by atoms with E-state index in [4.69, 9.17) is 9.98 Å². The number of anilines is 2. The summed E-state index contributed by atoms with van der Waals surface area (Å²) in [4.78, 5) is 11.3. The van der Waals surface area contributed by atoms with E-state index in [9.17, 15) is 0 Å². The summed E-state index contributed by atoms with van der Waals surface area (Å²) in [6.07, 6.45) is 0. The Kier molecular flexibility index (Phi) is 7.89. The van der Waals surface area contributed by atoms with E-state index in [0.717, 1.165) is 34.4 Å². The van der Waals surface area contributed by atoms with E-state index in [1.807, 2.05) is 0 Å². The van der Waals surface area contributed by atoms with E-state index >= 15 is 0 Å². The van der Waals surface area contributed by atoms with Crippen LogP contribution in [0.2, 0.25) is 0 Å². The van der Waals surface area contributed by atoms with Crippen molar-refractivity contribution in [2.24, 2.45) is 20.8 Å². The van der Waals surface area contributed by atoms with Crippen molar-refractivity contribution < 1.29 is 0 Å². The van der Waals surface area contributed by atoms with Crippen molar-refractivity contribution in [3.8, 4) is 11.1 Å². The maximum Gasteiger partial charge on any atom is 0.112 e. The number of aliphatic imine (C=N–C) groups is 2. The second-order valence-electron chi connectivity index (χ2n) is 21.2. The Labute approximate surface area is 302 Å². The largest absolute Gasteiger partial charge is 0.343 e. The molecule has 0 unspecified atom stereocenters. The van der Waals surface area contributed by atoms with Gasteiger partial charge in [0.2, 0.25) is 0 Å². The van der Waals surface area contributed by atoms with Crippen molar-refractivity contribution in [1.29, 1.82) is 0 Å². The number of hydrogen-bond donors (Lipinski definition) is 2. The standard InChI is InChI=1S/C46H62N4/c1-41(2,3)27-19-25-21-29(43(7,8)9)35(37-33(25)31(23-27)47-39(49-37)45(13,14)15)36-30(44(10,11)12)22-26-20-28(42(4,5)6)24-32-34(26)38(36)50-40(48-32)46(16,17)18/h19-24H,1-18H3,(H,47,49)(H,48,50).